The van der Waals surface area contributed by atoms with Crippen molar-refractivity contribution in [2.24, 2.45) is 0 Å². The molecule has 0 spiro atoms. The topological polar surface area (TPSA) is 87.1 Å². The fourth-order valence-electron chi connectivity index (χ4n) is 4.39. The number of aliphatic hydroxyl groups is 1. The Labute approximate surface area is 189 Å². The highest BCUT2D eigenvalue weighted by molar-refractivity contribution is 6.47. The fourth-order valence-corrected chi connectivity index (χ4v) is 4.78. The summed E-state index contributed by atoms with van der Waals surface area (Å²) in [6.45, 7) is 0. The summed E-state index contributed by atoms with van der Waals surface area (Å²) in [5.74, 6) is -1.49. The maximum atomic E-state index is 13.1. The zero-order valence-corrected chi connectivity index (χ0v) is 18.3. The van der Waals surface area contributed by atoms with Crippen LogP contribution in [0.25, 0.3) is 5.76 Å². The number of nitrogens with zero attached hydrogens (tertiary/aromatic N) is 1. The highest BCUT2D eigenvalue weighted by Crippen LogP contribution is 2.45. The zero-order chi connectivity index (χ0) is 22.3. The monoisotopic (exact) mass is 461 g/mol. The number of halogens is 2. The van der Waals surface area contributed by atoms with E-state index < -0.39 is 17.7 Å². The first-order chi connectivity index (χ1) is 14.8. The third-order valence-electron chi connectivity index (χ3n) is 5.91. The van der Waals surface area contributed by atoms with Crippen LogP contribution in [0, 0.1) is 0 Å². The molecular weight excluding hydrogens is 441 g/mol. The number of carbonyl (C=O) groups is 2. The molecule has 162 valence electrons. The Bertz CT molecular complexity index is 1090. The maximum Gasteiger partial charge on any atom is 0.295 e. The molecule has 0 aromatic heterocycles. The molecule has 31 heavy (non-hydrogen) atoms. The molecule has 1 unspecified atom stereocenters. The van der Waals surface area contributed by atoms with E-state index in [9.17, 15) is 19.8 Å². The Morgan fingerprint density at radius 1 is 1.06 bits per heavy atom. The molecular formula is C23H21Cl2NO5. The summed E-state index contributed by atoms with van der Waals surface area (Å²) in [4.78, 5) is 27.7. The number of benzene rings is 2. The van der Waals surface area contributed by atoms with Crippen molar-refractivity contribution in [2.75, 3.05) is 7.11 Å². The molecule has 8 heteroatoms. The Hall–Kier alpha value is -2.70. The summed E-state index contributed by atoms with van der Waals surface area (Å²) >= 11 is 12.4. The molecule has 0 radical (unpaired) electrons. The largest absolute Gasteiger partial charge is 0.507 e. The van der Waals surface area contributed by atoms with Gasteiger partial charge in [0.1, 0.15) is 17.3 Å². The minimum atomic E-state index is -0.844. The van der Waals surface area contributed by atoms with Crippen LogP contribution in [0.15, 0.2) is 42.0 Å². The van der Waals surface area contributed by atoms with Crippen LogP contribution in [-0.4, -0.2) is 40.0 Å². The molecule has 1 atom stereocenters. The van der Waals surface area contributed by atoms with Crippen LogP contribution in [0.2, 0.25) is 10.0 Å². The van der Waals surface area contributed by atoms with Crippen molar-refractivity contribution in [1.29, 1.82) is 0 Å². The Balaban J connectivity index is 1.93. The van der Waals surface area contributed by atoms with E-state index in [1.165, 1.54) is 30.2 Å². The lowest BCUT2D eigenvalue weighted by molar-refractivity contribution is -0.141. The van der Waals surface area contributed by atoms with Gasteiger partial charge in [-0.05, 0) is 48.7 Å². The van der Waals surface area contributed by atoms with Gasteiger partial charge in [0, 0.05) is 11.6 Å². The van der Waals surface area contributed by atoms with Crippen molar-refractivity contribution in [2.45, 2.75) is 37.8 Å². The van der Waals surface area contributed by atoms with E-state index >= 15 is 0 Å². The number of hydrogen-bond acceptors (Lipinski definition) is 5. The second-order valence-electron chi connectivity index (χ2n) is 7.70. The number of carbonyl (C=O) groups excluding carboxylic acids is 2. The standard InChI is InChI=1S/C23H21Cl2NO5/c1-31-14-7-8-16(24)15(11-14)21(28)19-20(12-6-9-18(27)17(25)10-12)26(23(30)22(19)29)13-4-2-3-5-13/h6-11,13,20,27-28H,2-5H2,1H3/b21-19+. The third-order valence-corrected chi connectivity index (χ3v) is 6.55. The zero-order valence-electron chi connectivity index (χ0n) is 16.8. The summed E-state index contributed by atoms with van der Waals surface area (Å²) in [6.07, 6.45) is 3.46. The molecule has 2 aromatic rings. The lowest BCUT2D eigenvalue weighted by Crippen LogP contribution is -2.37. The van der Waals surface area contributed by atoms with Gasteiger partial charge in [-0.3, -0.25) is 9.59 Å². The predicted octanol–water partition coefficient (Wildman–Crippen LogP) is 5.07. The van der Waals surface area contributed by atoms with Crippen molar-refractivity contribution < 1.29 is 24.5 Å². The number of aromatic hydroxyl groups is 1. The van der Waals surface area contributed by atoms with Crippen LogP contribution in [0.5, 0.6) is 11.5 Å². The summed E-state index contributed by atoms with van der Waals surface area (Å²) < 4.78 is 5.21. The number of ketones is 1. The number of hydrogen-bond donors (Lipinski definition) is 2. The highest BCUT2D eigenvalue weighted by Gasteiger charge is 2.49. The van der Waals surface area contributed by atoms with E-state index in [2.05, 4.69) is 0 Å². The Morgan fingerprint density at radius 3 is 2.42 bits per heavy atom. The van der Waals surface area contributed by atoms with Gasteiger partial charge in [0.15, 0.2) is 0 Å². The van der Waals surface area contributed by atoms with Crippen LogP contribution in [-0.2, 0) is 9.59 Å². The fraction of sp³-hybridized carbons (Fsp3) is 0.304. The highest BCUT2D eigenvalue weighted by atomic mass is 35.5. The van der Waals surface area contributed by atoms with Crippen molar-refractivity contribution >= 4 is 40.7 Å². The normalized spacial score (nSPS) is 21.1. The number of ether oxygens (including phenoxy) is 1. The molecule has 2 aliphatic rings. The second kappa shape index (κ2) is 8.44. The van der Waals surface area contributed by atoms with Gasteiger partial charge in [-0.25, -0.2) is 0 Å². The lowest BCUT2D eigenvalue weighted by atomic mass is 9.94. The molecule has 1 saturated carbocycles. The Kier molecular flexibility index (Phi) is 5.86. The van der Waals surface area contributed by atoms with Gasteiger partial charge in [-0.15, -0.1) is 0 Å². The quantitative estimate of drug-likeness (QED) is 0.376. The smallest absolute Gasteiger partial charge is 0.295 e. The van der Waals surface area contributed by atoms with Gasteiger partial charge in [0.2, 0.25) is 0 Å². The van der Waals surface area contributed by atoms with Gasteiger partial charge in [0.25, 0.3) is 11.7 Å². The van der Waals surface area contributed by atoms with Gasteiger partial charge >= 0.3 is 0 Å². The summed E-state index contributed by atoms with van der Waals surface area (Å²) in [5.41, 5.74) is 0.656. The predicted molar refractivity (Wildman–Crippen MR) is 118 cm³/mol. The first-order valence-electron chi connectivity index (χ1n) is 9.96. The van der Waals surface area contributed by atoms with E-state index in [1.807, 2.05) is 0 Å². The molecule has 4 rings (SSSR count). The Morgan fingerprint density at radius 2 is 1.77 bits per heavy atom. The van der Waals surface area contributed by atoms with Crippen molar-refractivity contribution in [3.05, 3.63) is 63.1 Å². The number of aliphatic hydroxyl groups excluding tert-OH is 1. The van der Waals surface area contributed by atoms with E-state index in [-0.39, 0.29) is 38.7 Å². The van der Waals surface area contributed by atoms with Gasteiger partial charge in [-0.2, -0.15) is 0 Å². The molecule has 1 heterocycles. The number of rotatable bonds is 4. The molecule has 1 aliphatic carbocycles. The minimum absolute atomic E-state index is 0.0613. The van der Waals surface area contributed by atoms with Crippen LogP contribution in [0.1, 0.15) is 42.9 Å². The van der Waals surface area contributed by atoms with Crippen molar-refractivity contribution in [3.63, 3.8) is 0 Å². The van der Waals surface area contributed by atoms with Gasteiger partial charge < -0.3 is 19.8 Å². The van der Waals surface area contributed by atoms with Crippen molar-refractivity contribution in [3.8, 4) is 11.5 Å². The molecule has 2 aromatic carbocycles. The SMILES string of the molecule is COc1ccc(Cl)c(/C(O)=C2\C(=O)C(=O)N(C3CCCC3)C2c2ccc(O)c(Cl)c2)c1. The van der Waals surface area contributed by atoms with Crippen LogP contribution in [0.3, 0.4) is 0 Å². The van der Waals surface area contributed by atoms with Gasteiger partial charge in [0.05, 0.1) is 28.8 Å². The molecule has 1 amide bonds. The van der Waals surface area contributed by atoms with E-state index in [0.717, 1.165) is 25.7 Å². The molecule has 0 bridgehead atoms. The molecule has 1 saturated heterocycles. The van der Waals surface area contributed by atoms with Crippen molar-refractivity contribution in [1.82, 2.24) is 4.90 Å². The maximum absolute atomic E-state index is 13.1. The first-order valence-corrected chi connectivity index (χ1v) is 10.7. The number of amides is 1. The molecule has 2 fully saturated rings. The molecule has 6 nitrogen and oxygen atoms in total. The first kappa shape index (κ1) is 21.5. The van der Waals surface area contributed by atoms with E-state index in [0.29, 0.717) is 11.3 Å². The average Bonchev–Trinajstić information content (AvgIpc) is 3.37. The number of methoxy groups -OCH3 is 1. The van der Waals surface area contributed by atoms with Gasteiger partial charge in [-0.1, -0.05) is 42.1 Å². The summed E-state index contributed by atoms with van der Waals surface area (Å²) in [5, 5.41) is 21.3. The second-order valence-corrected chi connectivity index (χ2v) is 8.52. The van der Waals surface area contributed by atoms with E-state index in [4.69, 9.17) is 27.9 Å². The number of likely N-dealkylation sites (tertiary alicyclic amines) is 1. The summed E-state index contributed by atoms with van der Waals surface area (Å²) in [6, 6.07) is 8.24. The number of phenolic OH excluding ortho intramolecular Hbond substituents is 1. The van der Waals surface area contributed by atoms with Crippen LogP contribution in [0.4, 0.5) is 0 Å². The minimum Gasteiger partial charge on any atom is -0.507 e. The summed E-state index contributed by atoms with van der Waals surface area (Å²) in [7, 11) is 1.48. The number of phenols is 1. The van der Waals surface area contributed by atoms with Crippen LogP contribution >= 0.6 is 23.2 Å². The third kappa shape index (κ3) is 3.75. The molecule has 2 N–H and O–H groups in total. The van der Waals surface area contributed by atoms with Crippen LogP contribution < -0.4 is 4.74 Å². The molecule has 1 aliphatic heterocycles. The van der Waals surface area contributed by atoms with E-state index in [1.54, 1.807) is 18.2 Å². The number of Topliss-reactive ketones (excluding diaryl/α,β-unsaturated/α-hetero) is 1. The lowest BCUT2D eigenvalue weighted by Gasteiger charge is -2.31. The average molecular weight is 462 g/mol.